The Hall–Kier alpha value is -1.31. The average Bonchev–Trinajstić information content (AvgIpc) is 2.76. The summed E-state index contributed by atoms with van der Waals surface area (Å²) in [5.41, 5.74) is 4.89. The zero-order chi connectivity index (χ0) is 13.9. The van der Waals surface area contributed by atoms with Gasteiger partial charge in [0.25, 0.3) is 0 Å². The fraction of sp³-hybridized carbons (Fsp3) is 0.333. The quantitative estimate of drug-likeness (QED) is 0.754. The molecule has 1 saturated carbocycles. The van der Waals surface area contributed by atoms with Crippen LogP contribution in [0, 0.1) is 0 Å². The topological polar surface area (TPSA) is 20.2 Å². The third kappa shape index (κ3) is 1.43. The van der Waals surface area contributed by atoms with Gasteiger partial charge in [0.05, 0.1) is 6.10 Å². The van der Waals surface area contributed by atoms with Gasteiger partial charge in [0.1, 0.15) is 0 Å². The lowest BCUT2D eigenvalue weighted by Crippen LogP contribution is -2.38. The Labute approximate surface area is 124 Å². The maximum Gasteiger partial charge on any atom is 0.0640 e. The van der Waals surface area contributed by atoms with Crippen LogP contribution in [0.2, 0.25) is 5.02 Å². The zero-order valence-electron chi connectivity index (χ0n) is 11.4. The van der Waals surface area contributed by atoms with Crippen molar-refractivity contribution in [2.75, 3.05) is 0 Å². The molecule has 1 N–H and O–H groups in total. The van der Waals surface area contributed by atoms with E-state index in [9.17, 15) is 5.11 Å². The molecule has 0 saturated heterocycles. The summed E-state index contributed by atoms with van der Waals surface area (Å²) in [6.45, 7) is 2.21. The van der Waals surface area contributed by atoms with Crippen molar-refractivity contribution in [3.8, 4) is 11.1 Å². The average molecular weight is 285 g/mol. The molecular formula is C18H17ClO. The molecule has 0 aliphatic heterocycles. The highest BCUT2D eigenvalue weighted by atomic mass is 35.5. The smallest absolute Gasteiger partial charge is 0.0640 e. The molecule has 4 rings (SSSR count). The Bertz CT molecular complexity index is 694. The molecule has 0 heterocycles. The first-order valence-corrected chi connectivity index (χ1v) is 7.57. The lowest BCUT2D eigenvalue weighted by molar-refractivity contribution is 0.109. The summed E-state index contributed by atoms with van der Waals surface area (Å²) in [6.07, 6.45) is 1.65. The summed E-state index contributed by atoms with van der Waals surface area (Å²) < 4.78 is 0. The van der Waals surface area contributed by atoms with Gasteiger partial charge in [-0.15, -0.1) is 0 Å². The van der Waals surface area contributed by atoms with E-state index in [0.29, 0.717) is 5.92 Å². The van der Waals surface area contributed by atoms with Crippen molar-refractivity contribution >= 4 is 11.6 Å². The van der Waals surface area contributed by atoms with Crippen molar-refractivity contribution in [1.82, 2.24) is 0 Å². The Morgan fingerprint density at radius 3 is 2.75 bits per heavy atom. The highest BCUT2D eigenvalue weighted by Crippen LogP contribution is 2.58. The van der Waals surface area contributed by atoms with Crippen molar-refractivity contribution in [3.05, 3.63) is 58.6 Å². The molecule has 3 atom stereocenters. The van der Waals surface area contributed by atoms with E-state index in [-0.39, 0.29) is 11.5 Å². The van der Waals surface area contributed by atoms with E-state index in [2.05, 4.69) is 37.3 Å². The van der Waals surface area contributed by atoms with Crippen LogP contribution in [-0.4, -0.2) is 11.2 Å². The second-order valence-corrected chi connectivity index (χ2v) is 6.64. The number of halogens is 1. The van der Waals surface area contributed by atoms with Gasteiger partial charge in [-0.05, 0) is 53.1 Å². The van der Waals surface area contributed by atoms with Crippen molar-refractivity contribution in [1.29, 1.82) is 0 Å². The number of rotatable bonds is 0. The second-order valence-electron chi connectivity index (χ2n) is 6.21. The van der Waals surface area contributed by atoms with Crippen LogP contribution in [0.3, 0.4) is 0 Å². The molecule has 2 aliphatic carbocycles. The molecular weight excluding hydrogens is 268 g/mol. The van der Waals surface area contributed by atoms with Gasteiger partial charge >= 0.3 is 0 Å². The molecule has 2 aromatic carbocycles. The molecule has 1 fully saturated rings. The summed E-state index contributed by atoms with van der Waals surface area (Å²) in [5.74, 6) is 0.405. The molecule has 0 radical (unpaired) electrons. The maximum atomic E-state index is 10.6. The van der Waals surface area contributed by atoms with Crippen LogP contribution in [0.25, 0.3) is 11.1 Å². The SMILES string of the molecule is C[C@@]12c3ccc(Cl)cc3-c3ccccc3[C@H]1CC[C@H]2O. The van der Waals surface area contributed by atoms with E-state index >= 15 is 0 Å². The first-order valence-electron chi connectivity index (χ1n) is 7.20. The van der Waals surface area contributed by atoms with Crippen LogP contribution in [0.1, 0.15) is 36.8 Å². The van der Waals surface area contributed by atoms with Gasteiger partial charge in [0.15, 0.2) is 0 Å². The number of hydrogen-bond donors (Lipinski definition) is 1. The van der Waals surface area contributed by atoms with Crippen molar-refractivity contribution in [3.63, 3.8) is 0 Å². The zero-order valence-corrected chi connectivity index (χ0v) is 12.2. The highest BCUT2D eigenvalue weighted by molar-refractivity contribution is 6.31. The minimum absolute atomic E-state index is 0.186. The van der Waals surface area contributed by atoms with Crippen molar-refractivity contribution < 1.29 is 5.11 Å². The summed E-state index contributed by atoms with van der Waals surface area (Å²) in [6, 6.07) is 14.7. The van der Waals surface area contributed by atoms with Gasteiger partial charge < -0.3 is 5.11 Å². The predicted molar refractivity (Wildman–Crippen MR) is 82.2 cm³/mol. The molecule has 0 aromatic heterocycles. The molecule has 0 bridgehead atoms. The first-order chi connectivity index (χ1) is 9.62. The van der Waals surface area contributed by atoms with Crippen molar-refractivity contribution in [2.45, 2.75) is 37.2 Å². The second kappa shape index (κ2) is 4.09. The van der Waals surface area contributed by atoms with E-state index in [1.807, 2.05) is 12.1 Å². The van der Waals surface area contributed by atoms with E-state index in [1.165, 1.54) is 22.3 Å². The minimum atomic E-state index is -0.277. The van der Waals surface area contributed by atoms with Crippen LogP contribution < -0.4 is 0 Å². The Balaban J connectivity index is 2.09. The minimum Gasteiger partial charge on any atom is -0.392 e. The highest BCUT2D eigenvalue weighted by Gasteiger charge is 2.51. The summed E-state index contributed by atoms with van der Waals surface area (Å²) >= 11 is 6.21. The first kappa shape index (κ1) is 12.4. The van der Waals surface area contributed by atoms with E-state index in [4.69, 9.17) is 11.6 Å². The Morgan fingerprint density at radius 1 is 1.10 bits per heavy atom. The van der Waals surface area contributed by atoms with E-state index in [1.54, 1.807) is 0 Å². The van der Waals surface area contributed by atoms with Crippen molar-refractivity contribution in [2.24, 2.45) is 0 Å². The number of benzene rings is 2. The molecule has 2 aliphatic rings. The number of hydrogen-bond acceptors (Lipinski definition) is 1. The van der Waals surface area contributed by atoms with Crippen LogP contribution in [0.5, 0.6) is 0 Å². The largest absolute Gasteiger partial charge is 0.392 e. The lowest BCUT2D eigenvalue weighted by atomic mass is 9.63. The predicted octanol–water partition coefficient (Wildman–Crippen LogP) is 4.52. The van der Waals surface area contributed by atoms with Gasteiger partial charge in [-0.1, -0.05) is 48.9 Å². The number of fused-ring (bicyclic) bond motifs is 6. The van der Waals surface area contributed by atoms with Gasteiger partial charge in [-0.3, -0.25) is 0 Å². The standard InChI is InChI=1S/C18H17ClO/c1-18-15(8-9-17(18)20)13-5-3-2-4-12(13)14-10-11(19)6-7-16(14)18/h2-7,10,15,17,20H,8-9H2,1H3/t15-,17-,18+/m1/s1. The lowest BCUT2D eigenvalue weighted by Gasteiger charge is -2.41. The van der Waals surface area contributed by atoms with Gasteiger partial charge in [0.2, 0.25) is 0 Å². The van der Waals surface area contributed by atoms with Gasteiger partial charge in [0, 0.05) is 10.4 Å². The van der Waals surface area contributed by atoms with E-state index < -0.39 is 0 Å². The molecule has 1 nitrogen and oxygen atoms in total. The summed E-state index contributed by atoms with van der Waals surface area (Å²) in [5, 5.41) is 11.3. The molecule has 20 heavy (non-hydrogen) atoms. The molecule has 2 heteroatoms. The summed E-state index contributed by atoms with van der Waals surface area (Å²) in [7, 11) is 0. The normalized spacial score (nSPS) is 30.6. The molecule has 0 spiro atoms. The Kier molecular flexibility index (Phi) is 2.55. The van der Waals surface area contributed by atoms with Crippen LogP contribution >= 0.6 is 11.6 Å². The molecule has 0 amide bonds. The number of aliphatic hydroxyl groups is 1. The summed E-state index contributed by atoms with van der Waals surface area (Å²) in [4.78, 5) is 0. The fourth-order valence-electron chi connectivity index (χ4n) is 4.26. The monoisotopic (exact) mass is 284 g/mol. The van der Waals surface area contributed by atoms with Gasteiger partial charge in [-0.25, -0.2) is 0 Å². The third-order valence-corrected chi connectivity index (χ3v) is 5.57. The molecule has 2 aromatic rings. The third-order valence-electron chi connectivity index (χ3n) is 5.33. The fourth-order valence-corrected chi connectivity index (χ4v) is 4.43. The molecule has 0 unspecified atom stereocenters. The maximum absolute atomic E-state index is 10.6. The van der Waals surface area contributed by atoms with Crippen LogP contribution in [0.15, 0.2) is 42.5 Å². The van der Waals surface area contributed by atoms with Crippen LogP contribution in [0.4, 0.5) is 0 Å². The Morgan fingerprint density at radius 2 is 1.90 bits per heavy atom. The van der Waals surface area contributed by atoms with E-state index in [0.717, 1.165) is 17.9 Å². The molecule has 102 valence electrons. The van der Waals surface area contributed by atoms with Gasteiger partial charge in [-0.2, -0.15) is 0 Å². The van der Waals surface area contributed by atoms with Crippen LogP contribution in [-0.2, 0) is 5.41 Å². The number of aliphatic hydroxyl groups excluding tert-OH is 1.